The van der Waals surface area contributed by atoms with Gasteiger partial charge < -0.3 is 14.2 Å². The average molecular weight is 489 g/mol. The van der Waals surface area contributed by atoms with Crippen LogP contribution in [0.3, 0.4) is 0 Å². The van der Waals surface area contributed by atoms with Crippen molar-refractivity contribution in [2.75, 3.05) is 13.2 Å². The Morgan fingerprint density at radius 2 is 1.25 bits per heavy atom. The lowest BCUT2D eigenvalue weighted by molar-refractivity contribution is 0.0662. The second kappa shape index (κ2) is 15.1. The van der Waals surface area contributed by atoms with Gasteiger partial charge in [-0.05, 0) is 72.9 Å². The zero-order chi connectivity index (χ0) is 25.6. The van der Waals surface area contributed by atoms with Crippen LogP contribution in [0.15, 0.2) is 72.8 Å². The summed E-state index contributed by atoms with van der Waals surface area (Å²) in [5, 5.41) is 0. The largest absolute Gasteiger partial charge is 0.494 e. The molecule has 3 aromatic rings. The summed E-state index contributed by atoms with van der Waals surface area (Å²) in [4.78, 5) is 12.6. The molecule has 0 aromatic heterocycles. The second-order valence-corrected chi connectivity index (χ2v) is 9.19. The lowest BCUT2D eigenvalue weighted by Gasteiger charge is -2.13. The summed E-state index contributed by atoms with van der Waals surface area (Å²) in [6, 6.07) is 23.1. The molecule has 3 rings (SSSR count). The lowest BCUT2D eigenvalue weighted by Crippen LogP contribution is -2.08. The first-order valence-electron chi connectivity index (χ1n) is 13.4. The maximum atomic E-state index is 12.6. The maximum absolute atomic E-state index is 12.6. The van der Waals surface area contributed by atoms with Crippen molar-refractivity contribution in [3.8, 4) is 22.6 Å². The highest BCUT2D eigenvalue weighted by molar-refractivity contribution is 5.91. The number of carbonyl (C=O) groups excluding carboxylic acids is 1. The molecule has 4 heteroatoms. The van der Waals surface area contributed by atoms with Gasteiger partial charge in [-0.25, -0.2) is 4.79 Å². The molecule has 0 spiro atoms. The summed E-state index contributed by atoms with van der Waals surface area (Å²) in [6.07, 6.45) is 8.54. The second-order valence-electron chi connectivity index (χ2n) is 9.19. The Balaban J connectivity index is 1.48. The molecule has 0 amide bonds. The van der Waals surface area contributed by atoms with Crippen molar-refractivity contribution in [1.29, 1.82) is 0 Å². The highest BCUT2D eigenvalue weighted by Gasteiger charge is 2.11. The molecule has 4 nitrogen and oxygen atoms in total. The smallest absolute Gasteiger partial charge is 0.343 e. The van der Waals surface area contributed by atoms with E-state index in [1.54, 1.807) is 12.1 Å². The number of hydrogen-bond donors (Lipinski definition) is 0. The lowest BCUT2D eigenvalue weighted by atomic mass is 10.0. The fourth-order valence-electron chi connectivity index (χ4n) is 3.98. The van der Waals surface area contributed by atoms with E-state index in [0.29, 0.717) is 11.3 Å². The van der Waals surface area contributed by atoms with Gasteiger partial charge in [-0.15, -0.1) is 0 Å². The van der Waals surface area contributed by atoms with Crippen LogP contribution in [0.1, 0.15) is 87.7 Å². The van der Waals surface area contributed by atoms with E-state index in [-0.39, 0.29) is 12.1 Å². The van der Waals surface area contributed by atoms with E-state index >= 15 is 0 Å². The first-order chi connectivity index (χ1) is 17.6. The molecule has 0 N–H and O–H groups in total. The number of rotatable bonds is 15. The van der Waals surface area contributed by atoms with E-state index in [9.17, 15) is 4.79 Å². The fraction of sp³-hybridized carbons (Fsp3) is 0.406. The predicted molar refractivity (Wildman–Crippen MR) is 147 cm³/mol. The van der Waals surface area contributed by atoms with Crippen molar-refractivity contribution >= 4 is 5.97 Å². The summed E-state index contributed by atoms with van der Waals surface area (Å²) in [6.45, 7) is 7.84. The third-order valence-corrected chi connectivity index (χ3v) is 6.21. The number of hydrogen-bond acceptors (Lipinski definition) is 4. The molecule has 0 aliphatic carbocycles. The highest BCUT2D eigenvalue weighted by atomic mass is 16.5. The molecule has 0 aliphatic rings. The summed E-state index contributed by atoms with van der Waals surface area (Å²) in [7, 11) is 0. The van der Waals surface area contributed by atoms with Gasteiger partial charge in [0.05, 0.1) is 18.3 Å². The van der Waals surface area contributed by atoms with E-state index < -0.39 is 0 Å². The van der Waals surface area contributed by atoms with Gasteiger partial charge in [-0.1, -0.05) is 82.3 Å². The van der Waals surface area contributed by atoms with Gasteiger partial charge in [0.25, 0.3) is 0 Å². The van der Waals surface area contributed by atoms with E-state index in [2.05, 4.69) is 26.0 Å². The molecule has 0 saturated heterocycles. The molecule has 192 valence electrons. The molecule has 3 aromatic carbocycles. The van der Waals surface area contributed by atoms with Crippen molar-refractivity contribution in [3.63, 3.8) is 0 Å². The Kier molecular flexibility index (Phi) is 11.5. The van der Waals surface area contributed by atoms with Crippen molar-refractivity contribution in [2.45, 2.75) is 71.8 Å². The first kappa shape index (κ1) is 27.5. The topological polar surface area (TPSA) is 44.8 Å². The molecular formula is C32H40O4. The van der Waals surface area contributed by atoms with Crippen molar-refractivity contribution in [3.05, 3.63) is 83.9 Å². The minimum atomic E-state index is -0.372. The number of unbranched alkanes of at least 4 members (excludes halogenated alkanes) is 5. The molecule has 0 bridgehead atoms. The van der Waals surface area contributed by atoms with Crippen molar-refractivity contribution < 1.29 is 19.0 Å². The van der Waals surface area contributed by atoms with Crippen molar-refractivity contribution in [2.24, 2.45) is 0 Å². The van der Waals surface area contributed by atoms with Crippen LogP contribution in [0.2, 0.25) is 0 Å². The Morgan fingerprint density at radius 3 is 1.89 bits per heavy atom. The Hall–Kier alpha value is -3.11. The highest BCUT2D eigenvalue weighted by Crippen LogP contribution is 2.24. The Labute approximate surface area is 216 Å². The van der Waals surface area contributed by atoms with Crippen LogP contribution < -0.4 is 9.47 Å². The van der Waals surface area contributed by atoms with Crippen LogP contribution >= 0.6 is 0 Å². The van der Waals surface area contributed by atoms with E-state index in [0.717, 1.165) is 48.5 Å². The van der Waals surface area contributed by atoms with Crippen molar-refractivity contribution in [1.82, 2.24) is 0 Å². The molecule has 36 heavy (non-hydrogen) atoms. The van der Waals surface area contributed by atoms with Crippen LogP contribution in [0.5, 0.6) is 11.5 Å². The summed E-state index contributed by atoms with van der Waals surface area (Å²) < 4.78 is 17.2. The summed E-state index contributed by atoms with van der Waals surface area (Å²) in [5.74, 6) is 1.04. The van der Waals surface area contributed by atoms with E-state index in [4.69, 9.17) is 14.2 Å². The standard InChI is InChI=1S/C32H40O4/c1-4-6-7-8-9-10-24-35-30-19-17-28(18-20-30)27-11-13-29(14-12-27)32(33)36-31-21-15-26(16-22-31)25(3)34-23-5-2/h11-22,25H,4-10,23-24H2,1-3H3. The number of esters is 1. The molecule has 0 fully saturated rings. The van der Waals surface area contributed by atoms with Gasteiger partial charge in [-0.2, -0.15) is 0 Å². The third kappa shape index (κ3) is 8.83. The van der Waals surface area contributed by atoms with Gasteiger partial charge in [-0.3, -0.25) is 0 Å². The minimum Gasteiger partial charge on any atom is -0.494 e. The molecule has 1 atom stereocenters. The predicted octanol–water partition coefficient (Wildman–Crippen LogP) is 8.80. The average Bonchev–Trinajstić information content (AvgIpc) is 2.92. The molecular weight excluding hydrogens is 448 g/mol. The SMILES string of the molecule is CCCCCCCCOc1ccc(-c2ccc(C(=O)Oc3ccc(C(C)OCCC)cc3)cc2)cc1. The normalized spacial score (nSPS) is 11.8. The molecule has 0 heterocycles. The van der Waals surface area contributed by atoms with Crippen LogP contribution in [0.4, 0.5) is 0 Å². The van der Waals surface area contributed by atoms with Gasteiger partial charge in [0.15, 0.2) is 0 Å². The van der Waals surface area contributed by atoms with Crippen LogP contribution in [0.25, 0.3) is 11.1 Å². The minimum absolute atomic E-state index is 0.0168. The first-order valence-corrected chi connectivity index (χ1v) is 13.4. The maximum Gasteiger partial charge on any atom is 0.343 e. The molecule has 0 aliphatic heterocycles. The Morgan fingerprint density at radius 1 is 0.667 bits per heavy atom. The molecule has 0 saturated carbocycles. The fourth-order valence-corrected chi connectivity index (χ4v) is 3.98. The van der Waals surface area contributed by atoms with Gasteiger partial charge in [0.2, 0.25) is 0 Å². The monoisotopic (exact) mass is 488 g/mol. The number of carbonyl (C=O) groups is 1. The summed E-state index contributed by atoms with van der Waals surface area (Å²) >= 11 is 0. The zero-order valence-corrected chi connectivity index (χ0v) is 22.0. The molecule has 0 radical (unpaired) electrons. The summed E-state index contributed by atoms with van der Waals surface area (Å²) in [5.41, 5.74) is 3.70. The van der Waals surface area contributed by atoms with Gasteiger partial charge >= 0.3 is 5.97 Å². The van der Waals surface area contributed by atoms with Crippen LogP contribution in [0, 0.1) is 0 Å². The molecule has 1 unspecified atom stereocenters. The quantitative estimate of drug-likeness (QED) is 0.122. The van der Waals surface area contributed by atoms with E-state index in [1.807, 2.05) is 55.5 Å². The number of ether oxygens (including phenoxy) is 3. The van der Waals surface area contributed by atoms with Gasteiger partial charge in [0.1, 0.15) is 11.5 Å². The zero-order valence-electron chi connectivity index (χ0n) is 22.0. The van der Waals surface area contributed by atoms with Crippen LogP contribution in [-0.4, -0.2) is 19.2 Å². The third-order valence-electron chi connectivity index (χ3n) is 6.21. The van der Waals surface area contributed by atoms with Crippen LogP contribution in [-0.2, 0) is 4.74 Å². The van der Waals surface area contributed by atoms with E-state index in [1.165, 1.54) is 32.1 Å². The van der Waals surface area contributed by atoms with Gasteiger partial charge in [0, 0.05) is 6.61 Å². The number of benzene rings is 3. The Bertz CT molecular complexity index is 1020.